The van der Waals surface area contributed by atoms with E-state index in [-0.39, 0.29) is 0 Å². The fourth-order valence-corrected chi connectivity index (χ4v) is 1.41. The largest absolute Gasteiger partial charge is 0.498 e. The Bertz CT molecular complexity index is 147. The minimum absolute atomic E-state index is 0.924. The molecule has 0 fully saturated rings. The molecular weight excluding hydrogens is 136 g/mol. The highest BCUT2D eigenvalue weighted by Gasteiger charge is 2.10. The summed E-state index contributed by atoms with van der Waals surface area (Å²) in [5.74, 6) is 1.28. The Morgan fingerprint density at radius 1 is 1.36 bits per heavy atom. The molecule has 1 rings (SSSR count). The van der Waals surface area contributed by atoms with Gasteiger partial charge in [0, 0.05) is 12.8 Å². The van der Waals surface area contributed by atoms with Crippen molar-refractivity contribution in [3.63, 3.8) is 0 Å². The Morgan fingerprint density at radius 2 is 2.18 bits per heavy atom. The lowest BCUT2D eigenvalue weighted by Crippen LogP contribution is -1.86. The van der Waals surface area contributed by atoms with Gasteiger partial charge in [-0.15, -0.1) is 0 Å². The van der Waals surface area contributed by atoms with Crippen molar-refractivity contribution >= 4 is 0 Å². The van der Waals surface area contributed by atoms with Crippen molar-refractivity contribution in [1.29, 1.82) is 0 Å². The molecule has 0 aromatic heterocycles. The summed E-state index contributed by atoms with van der Waals surface area (Å²) in [6.45, 7) is 5.35. The van der Waals surface area contributed by atoms with E-state index in [1.165, 1.54) is 37.0 Å². The molecule has 11 heavy (non-hydrogen) atoms. The fraction of sp³-hybridized carbons (Fsp3) is 0.800. The number of hydrogen-bond donors (Lipinski definition) is 0. The number of unbranched alkanes of at least 4 members (excludes halogenated alkanes) is 2. The quantitative estimate of drug-likeness (QED) is 0.565. The van der Waals surface area contributed by atoms with Gasteiger partial charge in [-0.25, -0.2) is 0 Å². The maximum absolute atomic E-state index is 5.49. The molecule has 0 saturated heterocycles. The summed E-state index contributed by atoms with van der Waals surface area (Å²) in [4.78, 5) is 0. The van der Waals surface area contributed by atoms with E-state index in [0.717, 1.165) is 13.0 Å². The summed E-state index contributed by atoms with van der Waals surface area (Å²) < 4.78 is 5.49. The molecule has 0 N–H and O–H groups in total. The lowest BCUT2D eigenvalue weighted by Gasteiger charge is -2.02. The molecule has 0 atom stereocenters. The van der Waals surface area contributed by atoms with Gasteiger partial charge in [-0.3, -0.25) is 0 Å². The Morgan fingerprint density at radius 3 is 2.73 bits per heavy atom. The van der Waals surface area contributed by atoms with Crippen molar-refractivity contribution in [3.05, 3.63) is 11.3 Å². The van der Waals surface area contributed by atoms with Crippen molar-refractivity contribution in [1.82, 2.24) is 0 Å². The van der Waals surface area contributed by atoms with Crippen LogP contribution in [0.15, 0.2) is 11.3 Å². The van der Waals surface area contributed by atoms with Crippen LogP contribution in [0.1, 0.15) is 46.0 Å². The topological polar surface area (TPSA) is 9.23 Å². The number of ether oxygens (including phenoxy) is 1. The molecule has 0 saturated carbocycles. The molecule has 1 heterocycles. The maximum atomic E-state index is 5.49. The van der Waals surface area contributed by atoms with Gasteiger partial charge in [-0.2, -0.15) is 0 Å². The van der Waals surface area contributed by atoms with E-state index >= 15 is 0 Å². The van der Waals surface area contributed by atoms with Crippen LogP contribution in [0.4, 0.5) is 0 Å². The summed E-state index contributed by atoms with van der Waals surface area (Å²) in [6.07, 6.45) is 6.25. The average Bonchev–Trinajstić information content (AvgIpc) is 2.37. The van der Waals surface area contributed by atoms with E-state index in [1.54, 1.807) is 0 Å². The predicted octanol–water partition coefficient (Wildman–Crippen LogP) is 3.26. The van der Waals surface area contributed by atoms with Gasteiger partial charge in [-0.1, -0.05) is 19.8 Å². The molecule has 1 nitrogen and oxygen atoms in total. The fourth-order valence-electron chi connectivity index (χ4n) is 1.41. The van der Waals surface area contributed by atoms with Gasteiger partial charge < -0.3 is 4.74 Å². The second-order valence-corrected chi connectivity index (χ2v) is 3.26. The van der Waals surface area contributed by atoms with Crippen molar-refractivity contribution in [2.45, 2.75) is 46.0 Å². The molecular formula is C10H18O. The van der Waals surface area contributed by atoms with Crippen LogP contribution in [0.2, 0.25) is 0 Å². The predicted molar refractivity (Wildman–Crippen MR) is 47.4 cm³/mol. The normalized spacial score (nSPS) is 17.3. The van der Waals surface area contributed by atoms with Crippen molar-refractivity contribution < 1.29 is 4.74 Å². The van der Waals surface area contributed by atoms with Crippen LogP contribution in [0.25, 0.3) is 0 Å². The Hall–Kier alpha value is -0.460. The summed E-state index contributed by atoms with van der Waals surface area (Å²) in [7, 11) is 0. The van der Waals surface area contributed by atoms with E-state index in [2.05, 4.69) is 13.8 Å². The first-order chi connectivity index (χ1) is 5.34. The first kappa shape index (κ1) is 8.63. The van der Waals surface area contributed by atoms with Gasteiger partial charge in [-0.05, 0) is 18.9 Å². The maximum Gasteiger partial charge on any atom is 0.0950 e. The zero-order valence-electron chi connectivity index (χ0n) is 7.65. The summed E-state index contributed by atoms with van der Waals surface area (Å²) in [5.41, 5.74) is 1.47. The van der Waals surface area contributed by atoms with Gasteiger partial charge in [0.2, 0.25) is 0 Å². The van der Waals surface area contributed by atoms with E-state index < -0.39 is 0 Å². The van der Waals surface area contributed by atoms with Gasteiger partial charge >= 0.3 is 0 Å². The molecule has 1 aliphatic heterocycles. The van der Waals surface area contributed by atoms with Crippen LogP contribution >= 0.6 is 0 Å². The SMILES string of the molecule is CCCCCC1=C(C)CCO1. The molecule has 0 aromatic rings. The van der Waals surface area contributed by atoms with E-state index in [1.807, 2.05) is 0 Å². The van der Waals surface area contributed by atoms with E-state index in [0.29, 0.717) is 0 Å². The minimum atomic E-state index is 0.924. The monoisotopic (exact) mass is 154 g/mol. The highest BCUT2D eigenvalue weighted by molar-refractivity contribution is 5.09. The molecule has 1 aliphatic rings. The zero-order valence-corrected chi connectivity index (χ0v) is 7.65. The second kappa shape index (κ2) is 4.42. The van der Waals surface area contributed by atoms with Crippen LogP contribution in [0, 0.1) is 0 Å². The van der Waals surface area contributed by atoms with Crippen molar-refractivity contribution in [2.24, 2.45) is 0 Å². The van der Waals surface area contributed by atoms with Crippen LogP contribution in [0.3, 0.4) is 0 Å². The third-order valence-corrected chi connectivity index (χ3v) is 2.24. The smallest absolute Gasteiger partial charge is 0.0950 e. The lowest BCUT2D eigenvalue weighted by molar-refractivity contribution is 0.232. The third-order valence-electron chi connectivity index (χ3n) is 2.24. The molecule has 0 spiro atoms. The van der Waals surface area contributed by atoms with Crippen LogP contribution in [0.5, 0.6) is 0 Å². The van der Waals surface area contributed by atoms with Gasteiger partial charge in [0.15, 0.2) is 0 Å². The first-order valence-electron chi connectivity index (χ1n) is 4.66. The Labute approximate surface area is 69.4 Å². The zero-order chi connectivity index (χ0) is 8.10. The first-order valence-corrected chi connectivity index (χ1v) is 4.66. The van der Waals surface area contributed by atoms with Crippen molar-refractivity contribution in [2.75, 3.05) is 6.61 Å². The van der Waals surface area contributed by atoms with Crippen LogP contribution in [-0.2, 0) is 4.74 Å². The Kier molecular flexibility index (Phi) is 3.47. The van der Waals surface area contributed by atoms with E-state index in [9.17, 15) is 0 Å². The van der Waals surface area contributed by atoms with Crippen LogP contribution in [-0.4, -0.2) is 6.61 Å². The molecule has 0 amide bonds. The molecule has 0 aliphatic carbocycles. The summed E-state index contributed by atoms with van der Waals surface area (Å²) >= 11 is 0. The summed E-state index contributed by atoms with van der Waals surface area (Å²) in [6, 6.07) is 0. The highest BCUT2D eigenvalue weighted by atomic mass is 16.5. The molecule has 0 aromatic carbocycles. The molecule has 1 heteroatoms. The van der Waals surface area contributed by atoms with Gasteiger partial charge in [0.25, 0.3) is 0 Å². The van der Waals surface area contributed by atoms with Crippen molar-refractivity contribution in [3.8, 4) is 0 Å². The molecule has 64 valence electrons. The van der Waals surface area contributed by atoms with Gasteiger partial charge in [0.05, 0.1) is 12.4 Å². The van der Waals surface area contributed by atoms with E-state index in [4.69, 9.17) is 4.74 Å². The second-order valence-electron chi connectivity index (χ2n) is 3.26. The third kappa shape index (κ3) is 2.57. The van der Waals surface area contributed by atoms with Gasteiger partial charge in [0.1, 0.15) is 0 Å². The minimum Gasteiger partial charge on any atom is -0.498 e. The highest BCUT2D eigenvalue weighted by Crippen LogP contribution is 2.22. The standard InChI is InChI=1S/C10H18O/c1-3-4-5-6-10-9(2)7-8-11-10/h3-8H2,1-2H3. The number of rotatable bonds is 4. The summed E-state index contributed by atoms with van der Waals surface area (Å²) in [5, 5.41) is 0. The molecule has 0 unspecified atom stereocenters. The molecule has 0 radical (unpaired) electrons. The Balaban J connectivity index is 2.20. The average molecular weight is 154 g/mol. The van der Waals surface area contributed by atoms with Crippen LogP contribution < -0.4 is 0 Å². The number of hydrogen-bond acceptors (Lipinski definition) is 1. The lowest BCUT2D eigenvalue weighted by atomic mass is 10.1. The number of allylic oxidation sites excluding steroid dienone is 1. The molecule has 0 bridgehead atoms.